The minimum Gasteiger partial charge on any atom is -0.497 e. The van der Waals surface area contributed by atoms with E-state index in [1.807, 2.05) is 55.1 Å². The first-order valence-corrected chi connectivity index (χ1v) is 9.74. The molecule has 1 aliphatic rings. The van der Waals surface area contributed by atoms with Crippen molar-refractivity contribution in [3.63, 3.8) is 0 Å². The molecule has 1 saturated heterocycles. The number of hydrogen-bond donors (Lipinski definition) is 1. The Hall–Kier alpha value is -2.82. The van der Waals surface area contributed by atoms with Crippen molar-refractivity contribution in [3.8, 4) is 5.75 Å². The van der Waals surface area contributed by atoms with Gasteiger partial charge in [0.2, 0.25) is 5.91 Å². The number of aryl methyl sites for hydroxylation is 2. The molecule has 0 aromatic heterocycles. The highest BCUT2D eigenvalue weighted by molar-refractivity contribution is 5.95. The summed E-state index contributed by atoms with van der Waals surface area (Å²) in [7, 11) is 1.63. The Labute approximate surface area is 166 Å². The zero-order chi connectivity index (χ0) is 20.1. The van der Waals surface area contributed by atoms with Crippen molar-refractivity contribution in [3.05, 3.63) is 64.7 Å². The van der Waals surface area contributed by atoms with Gasteiger partial charge in [0.1, 0.15) is 5.75 Å². The number of piperidine rings is 1. The molecule has 0 unspecified atom stereocenters. The number of carbonyl (C=O) groups excluding carboxylic acids is 2. The number of hydrogen-bond acceptors (Lipinski definition) is 3. The molecule has 3 rings (SSSR count). The van der Waals surface area contributed by atoms with Crippen LogP contribution in [0, 0.1) is 19.8 Å². The van der Waals surface area contributed by atoms with E-state index in [0.717, 1.165) is 35.3 Å². The number of likely N-dealkylation sites (tertiary alicyclic amines) is 1. The lowest BCUT2D eigenvalue weighted by atomic mass is 9.96. The van der Waals surface area contributed by atoms with Crippen molar-refractivity contribution in [2.45, 2.75) is 33.2 Å². The van der Waals surface area contributed by atoms with Gasteiger partial charge in [-0.15, -0.1) is 0 Å². The van der Waals surface area contributed by atoms with Crippen molar-refractivity contribution in [2.75, 3.05) is 20.2 Å². The Bertz CT molecular complexity index is 825. The van der Waals surface area contributed by atoms with Crippen LogP contribution in [-0.2, 0) is 11.3 Å². The van der Waals surface area contributed by atoms with Crippen LogP contribution in [0.15, 0.2) is 42.5 Å². The first kappa shape index (κ1) is 19.9. The van der Waals surface area contributed by atoms with Gasteiger partial charge in [0.05, 0.1) is 13.0 Å². The van der Waals surface area contributed by atoms with E-state index in [2.05, 4.69) is 11.4 Å². The third-order valence-electron chi connectivity index (χ3n) is 5.17. The number of methoxy groups -OCH3 is 1. The van der Waals surface area contributed by atoms with Gasteiger partial charge >= 0.3 is 0 Å². The second kappa shape index (κ2) is 8.91. The standard InChI is InChI=1S/C23H28N2O3/c1-16-11-17(2)13-20(12-16)23(27)25-10-4-5-19(15-25)22(26)24-14-18-6-8-21(28-3)9-7-18/h6-9,11-13,19H,4-5,10,14-15H2,1-3H3,(H,24,26)/t19-/m0/s1. The number of amides is 2. The maximum atomic E-state index is 12.9. The van der Waals surface area contributed by atoms with E-state index in [1.165, 1.54) is 0 Å². The van der Waals surface area contributed by atoms with Crippen LogP contribution >= 0.6 is 0 Å². The largest absolute Gasteiger partial charge is 0.497 e. The summed E-state index contributed by atoms with van der Waals surface area (Å²) in [5.41, 5.74) is 3.88. The zero-order valence-corrected chi connectivity index (χ0v) is 16.8. The van der Waals surface area contributed by atoms with Crippen LogP contribution in [0.2, 0.25) is 0 Å². The molecule has 0 spiro atoms. The Morgan fingerprint density at radius 2 is 1.79 bits per heavy atom. The lowest BCUT2D eigenvalue weighted by Crippen LogP contribution is -2.45. The van der Waals surface area contributed by atoms with Crippen LogP contribution in [0.4, 0.5) is 0 Å². The highest BCUT2D eigenvalue weighted by Crippen LogP contribution is 2.20. The molecular formula is C23H28N2O3. The summed E-state index contributed by atoms with van der Waals surface area (Å²) in [6, 6.07) is 13.5. The van der Waals surface area contributed by atoms with E-state index >= 15 is 0 Å². The molecule has 28 heavy (non-hydrogen) atoms. The van der Waals surface area contributed by atoms with Crippen molar-refractivity contribution >= 4 is 11.8 Å². The summed E-state index contributed by atoms with van der Waals surface area (Å²) in [5, 5.41) is 3.01. The summed E-state index contributed by atoms with van der Waals surface area (Å²) in [5.74, 6) is 0.651. The lowest BCUT2D eigenvalue weighted by molar-refractivity contribution is -0.126. The summed E-state index contributed by atoms with van der Waals surface area (Å²) >= 11 is 0. The monoisotopic (exact) mass is 380 g/mol. The lowest BCUT2D eigenvalue weighted by Gasteiger charge is -2.32. The Kier molecular flexibility index (Phi) is 6.34. The summed E-state index contributed by atoms with van der Waals surface area (Å²) in [6.45, 7) is 5.64. The van der Waals surface area contributed by atoms with E-state index in [-0.39, 0.29) is 17.7 Å². The van der Waals surface area contributed by atoms with Crippen molar-refractivity contribution in [1.82, 2.24) is 10.2 Å². The number of carbonyl (C=O) groups is 2. The Balaban J connectivity index is 1.58. The van der Waals surface area contributed by atoms with Gasteiger partial charge in [0.25, 0.3) is 5.91 Å². The predicted molar refractivity (Wildman–Crippen MR) is 109 cm³/mol. The number of nitrogens with one attached hydrogen (secondary N) is 1. The SMILES string of the molecule is COc1ccc(CNC(=O)[C@H]2CCCN(C(=O)c3cc(C)cc(C)c3)C2)cc1. The molecule has 1 N–H and O–H groups in total. The smallest absolute Gasteiger partial charge is 0.253 e. The Morgan fingerprint density at radius 3 is 2.43 bits per heavy atom. The van der Waals surface area contributed by atoms with Crippen LogP contribution < -0.4 is 10.1 Å². The molecule has 148 valence electrons. The molecule has 1 atom stereocenters. The molecule has 0 saturated carbocycles. The molecule has 5 heteroatoms. The molecule has 1 aliphatic heterocycles. The van der Waals surface area contributed by atoms with Gasteiger partial charge in [-0.05, 0) is 56.5 Å². The van der Waals surface area contributed by atoms with Crippen LogP contribution in [0.25, 0.3) is 0 Å². The summed E-state index contributed by atoms with van der Waals surface area (Å²) < 4.78 is 5.15. The number of ether oxygens (including phenoxy) is 1. The van der Waals surface area contributed by atoms with E-state index in [9.17, 15) is 9.59 Å². The fourth-order valence-corrected chi connectivity index (χ4v) is 3.73. The maximum absolute atomic E-state index is 12.9. The average Bonchev–Trinajstić information content (AvgIpc) is 2.71. The van der Waals surface area contributed by atoms with Crippen LogP contribution in [0.3, 0.4) is 0 Å². The molecule has 2 aromatic rings. The quantitative estimate of drug-likeness (QED) is 0.864. The van der Waals surface area contributed by atoms with Gasteiger partial charge in [-0.2, -0.15) is 0 Å². The van der Waals surface area contributed by atoms with Crippen molar-refractivity contribution in [1.29, 1.82) is 0 Å². The van der Waals surface area contributed by atoms with E-state index in [4.69, 9.17) is 4.74 Å². The number of nitrogens with zero attached hydrogens (tertiary/aromatic N) is 1. The van der Waals surface area contributed by atoms with E-state index in [1.54, 1.807) is 7.11 Å². The minimum absolute atomic E-state index is 0.00809. The number of benzene rings is 2. The summed E-state index contributed by atoms with van der Waals surface area (Å²) in [6.07, 6.45) is 1.65. The highest BCUT2D eigenvalue weighted by Gasteiger charge is 2.28. The molecule has 1 heterocycles. The van der Waals surface area contributed by atoms with Crippen LogP contribution in [0.1, 0.15) is 39.9 Å². The third-order valence-corrected chi connectivity index (χ3v) is 5.17. The molecule has 0 bridgehead atoms. The van der Waals surface area contributed by atoms with Crippen molar-refractivity contribution < 1.29 is 14.3 Å². The second-order valence-electron chi connectivity index (χ2n) is 7.53. The minimum atomic E-state index is -0.165. The molecule has 1 fully saturated rings. The van der Waals surface area contributed by atoms with Gasteiger partial charge < -0.3 is 15.0 Å². The fraction of sp³-hybridized carbons (Fsp3) is 0.391. The normalized spacial score (nSPS) is 16.5. The third kappa shape index (κ3) is 4.91. The summed E-state index contributed by atoms with van der Waals surface area (Å²) in [4.78, 5) is 27.3. The van der Waals surface area contributed by atoms with Gasteiger partial charge in [-0.3, -0.25) is 9.59 Å². The van der Waals surface area contributed by atoms with Gasteiger partial charge in [-0.25, -0.2) is 0 Å². The fourth-order valence-electron chi connectivity index (χ4n) is 3.73. The second-order valence-corrected chi connectivity index (χ2v) is 7.53. The van der Waals surface area contributed by atoms with E-state index in [0.29, 0.717) is 25.2 Å². The first-order chi connectivity index (χ1) is 13.5. The van der Waals surface area contributed by atoms with Gasteiger partial charge in [0, 0.05) is 25.2 Å². The number of rotatable bonds is 5. The topological polar surface area (TPSA) is 58.6 Å². The van der Waals surface area contributed by atoms with Crippen LogP contribution in [0.5, 0.6) is 5.75 Å². The molecule has 2 amide bonds. The molecule has 5 nitrogen and oxygen atoms in total. The van der Waals surface area contributed by atoms with Crippen molar-refractivity contribution in [2.24, 2.45) is 5.92 Å². The molecular weight excluding hydrogens is 352 g/mol. The highest BCUT2D eigenvalue weighted by atomic mass is 16.5. The molecule has 0 radical (unpaired) electrons. The maximum Gasteiger partial charge on any atom is 0.253 e. The van der Waals surface area contributed by atoms with Gasteiger partial charge in [-0.1, -0.05) is 29.3 Å². The van der Waals surface area contributed by atoms with E-state index < -0.39 is 0 Å². The Morgan fingerprint density at radius 1 is 1.11 bits per heavy atom. The molecule has 2 aromatic carbocycles. The zero-order valence-electron chi connectivity index (χ0n) is 16.8. The predicted octanol–water partition coefficient (Wildman–Crippen LogP) is 3.48. The molecule has 0 aliphatic carbocycles. The first-order valence-electron chi connectivity index (χ1n) is 9.74. The van der Waals surface area contributed by atoms with Crippen LogP contribution in [-0.4, -0.2) is 36.9 Å². The average molecular weight is 380 g/mol. The van der Waals surface area contributed by atoms with Gasteiger partial charge in [0.15, 0.2) is 0 Å².